The monoisotopic (exact) mass is 682 g/mol. The molecule has 0 spiro atoms. The van der Waals surface area contributed by atoms with E-state index in [1.807, 2.05) is 11.3 Å². The maximum Gasteiger partial charge on any atom is 0.0561 e. The van der Waals surface area contributed by atoms with Crippen molar-refractivity contribution < 1.29 is 0 Å². The highest BCUT2D eigenvalue weighted by Crippen LogP contribution is 2.51. The zero-order valence-electron chi connectivity index (χ0n) is 29.0. The van der Waals surface area contributed by atoms with E-state index in [1.165, 1.54) is 75.0 Å². The number of thiophene rings is 1. The van der Waals surface area contributed by atoms with Gasteiger partial charge in [-0.15, -0.1) is 11.3 Å². The van der Waals surface area contributed by atoms with Crippen molar-refractivity contribution in [3.05, 3.63) is 181 Å². The quantitative estimate of drug-likeness (QED) is 0.179. The minimum absolute atomic E-state index is 0.104. The summed E-state index contributed by atoms with van der Waals surface area (Å²) in [5.41, 5.74) is 12.3. The van der Waals surface area contributed by atoms with E-state index >= 15 is 0 Å². The van der Waals surface area contributed by atoms with Crippen molar-refractivity contribution in [1.29, 1.82) is 0 Å². The Balaban J connectivity index is 1.19. The predicted molar refractivity (Wildman–Crippen MR) is 223 cm³/mol. The molecule has 0 bridgehead atoms. The highest BCUT2D eigenvalue weighted by molar-refractivity contribution is 7.25. The molecular weight excluding hydrogens is 649 g/mol. The molecule has 2 nitrogen and oxygen atoms in total. The van der Waals surface area contributed by atoms with Crippen molar-refractivity contribution >= 4 is 81.1 Å². The predicted octanol–water partition coefficient (Wildman–Crippen LogP) is 14.1. The molecule has 0 saturated heterocycles. The van der Waals surface area contributed by atoms with E-state index in [0.29, 0.717) is 0 Å². The summed E-state index contributed by atoms with van der Waals surface area (Å²) in [5.74, 6) is 0. The van der Waals surface area contributed by atoms with Crippen molar-refractivity contribution in [2.45, 2.75) is 19.3 Å². The Morgan fingerprint density at radius 3 is 1.96 bits per heavy atom. The zero-order valence-corrected chi connectivity index (χ0v) is 29.8. The average Bonchev–Trinajstić information content (AvgIpc) is 3.79. The van der Waals surface area contributed by atoms with Crippen LogP contribution in [0.25, 0.3) is 69.6 Å². The molecular formula is C49H34N2S. The molecule has 1 aliphatic carbocycles. The Morgan fingerprint density at radius 1 is 0.442 bits per heavy atom. The summed E-state index contributed by atoms with van der Waals surface area (Å²) >= 11 is 1.87. The SMILES string of the molecule is CC1(C)c2ccccc2-c2ccc(N(c3ccc4sc5ccccc5c4c3)c3ccc4c5cc6ccccc6cc5n(-c5ccccc5)c4c3)cc21. The average molecular weight is 683 g/mol. The second-order valence-electron chi connectivity index (χ2n) is 14.6. The lowest BCUT2D eigenvalue weighted by Gasteiger charge is -2.28. The third-order valence-electron chi connectivity index (χ3n) is 11.3. The van der Waals surface area contributed by atoms with Gasteiger partial charge >= 0.3 is 0 Å². The van der Waals surface area contributed by atoms with Gasteiger partial charge in [0.15, 0.2) is 0 Å². The first-order valence-corrected chi connectivity index (χ1v) is 18.8. The first-order valence-electron chi connectivity index (χ1n) is 18.0. The summed E-state index contributed by atoms with van der Waals surface area (Å²) in [5, 5.41) is 7.61. The smallest absolute Gasteiger partial charge is 0.0561 e. The summed E-state index contributed by atoms with van der Waals surface area (Å²) in [7, 11) is 0. The Kier molecular flexibility index (Phi) is 6.21. The molecule has 0 radical (unpaired) electrons. The lowest BCUT2D eigenvalue weighted by atomic mass is 9.82. The maximum absolute atomic E-state index is 2.47. The van der Waals surface area contributed by atoms with Gasteiger partial charge in [-0.3, -0.25) is 0 Å². The van der Waals surface area contributed by atoms with Gasteiger partial charge in [-0.1, -0.05) is 111 Å². The van der Waals surface area contributed by atoms with Crippen molar-refractivity contribution in [3.8, 4) is 16.8 Å². The molecule has 246 valence electrons. The number of fused-ring (bicyclic) bond motifs is 10. The lowest BCUT2D eigenvalue weighted by Crippen LogP contribution is -2.16. The second kappa shape index (κ2) is 10.9. The van der Waals surface area contributed by atoms with E-state index in [1.54, 1.807) is 0 Å². The van der Waals surface area contributed by atoms with Gasteiger partial charge in [0.2, 0.25) is 0 Å². The summed E-state index contributed by atoms with van der Waals surface area (Å²) in [4.78, 5) is 2.47. The number of para-hydroxylation sites is 1. The Labute approximate surface area is 306 Å². The molecule has 0 N–H and O–H groups in total. The number of nitrogens with zero attached hydrogens (tertiary/aromatic N) is 2. The fourth-order valence-electron chi connectivity index (χ4n) is 8.82. The summed E-state index contributed by atoms with van der Waals surface area (Å²) < 4.78 is 5.07. The van der Waals surface area contributed by atoms with Crippen LogP contribution in [0.3, 0.4) is 0 Å². The molecule has 2 heterocycles. The van der Waals surface area contributed by atoms with Crippen LogP contribution in [0.5, 0.6) is 0 Å². The molecule has 0 atom stereocenters. The highest BCUT2D eigenvalue weighted by atomic mass is 32.1. The lowest BCUT2D eigenvalue weighted by molar-refractivity contribution is 0.660. The third-order valence-corrected chi connectivity index (χ3v) is 12.5. The van der Waals surface area contributed by atoms with Gasteiger partial charge in [0, 0.05) is 59.1 Å². The fourth-order valence-corrected chi connectivity index (χ4v) is 9.90. The van der Waals surface area contributed by atoms with Crippen LogP contribution in [-0.4, -0.2) is 4.57 Å². The van der Waals surface area contributed by atoms with Crippen LogP contribution >= 0.6 is 11.3 Å². The summed E-state index contributed by atoms with van der Waals surface area (Å²) in [6.45, 7) is 4.73. The molecule has 0 fully saturated rings. The Bertz CT molecular complexity index is 3050. The van der Waals surface area contributed by atoms with Crippen LogP contribution < -0.4 is 4.90 Å². The van der Waals surface area contributed by atoms with E-state index in [2.05, 4.69) is 193 Å². The van der Waals surface area contributed by atoms with Gasteiger partial charge in [0.1, 0.15) is 0 Å². The van der Waals surface area contributed by atoms with Crippen molar-refractivity contribution in [2.75, 3.05) is 4.90 Å². The molecule has 0 unspecified atom stereocenters. The van der Waals surface area contributed by atoms with Crippen molar-refractivity contribution in [1.82, 2.24) is 4.57 Å². The number of hydrogen-bond donors (Lipinski definition) is 0. The van der Waals surface area contributed by atoms with Crippen LogP contribution in [-0.2, 0) is 5.41 Å². The highest BCUT2D eigenvalue weighted by Gasteiger charge is 2.35. The summed E-state index contributed by atoms with van der Waals surface area (Å²) in [6.07, 6.45) is 0. The van der Waals surface area contributed by atoms with E-state index in [9.17, 15) is 0 Å². The van der Waals surface area contributed by atoms with E-state index in [-0.39, 0.29) is 5.41 Å². The molecule has 8 aromatic carbocycles. The topological polar surface area (TPSA) is 8.17 Å². The number of benzene rings is 8. The minimum Gasteiger partial charge on any atom is -0.310 e. The molecule has 10 aromatic rings. The van der Waals surface area contributed by atoms with Crippen LogP contribution in [0.4, 0.5) is 17.1 Å². The molecule has 11 rings (SSSR count). The fraction of sp³-hybridized carbons (Fsp3) is 0.0612. The standard InChI is InChI=1S/C49H34N2S/c1-49(2)43-18-10-8-16-37(43)38-23-20-35(29-44(38)49)50(34-22-25-48-42(28-34)40-17-9-11-19-47(40)52-48)36-21-24-39-41-26-31-12-6-7-13-32(31)27-45(41)51(46(39)30-36)33-14-4-3-5-15-33/h3-30H,1-2H3. The molecule has 3 heteroatoms. The Hall–Kier alpha value is -6.16. The second-order valence-corrected chi connectivity index (χ2v) is 15.7. The summed E-state index contributed by atoms with van der Waals surface area (Å²) in [6, 6.07) is 63.0. The van der Waals surface area contributed by atoms with Gasteiger partial charge < -0.3 is 9.47 Å². The molecule has 0 aliphatic heterocycles. The van der Waals surface area contributed by atoms with Gasteiger partial charge in [0.05, 0.1) is 11.0 Å². The Morgan fingerprint density at radius 2 is 1.08 bits per heavy atom. The number of rotatable bonds is 4. The van der Waals surface area contributed by atoms with Crippen molar-refractivity contribution in [3.63, 3.8) is 0 Å². The van der Waals surface area contributed by atoms with E-state index in [0.717, 1.165) is 22.7 Å². The molecule has 0 saturated carbocycles. The molecule has 1 aliphatic rings. The maximum atomic E-state index is 2.47. The van der Waals surface area contributed by atoms with Gasteiger partial charge in [-0.05, 0) is 106 Å². The van der Waals surface area contributed by atoms with Gasteiger partial charge in [-0.2, -0.15) is 0 Å². The first-order chi connectivity index (χ1) is 25.5. The van der Waals surface area contributed by atoms with E-state index in [4.69, 9.17) is 0 Å². The molecule has 52 heavy (non-hydrogen) atoms. The normalized spacial score (nSPS) is 13.3. The molecule has 2 aromatic heterocycles. The van der Waals surface area contributed by atoms with Gasteiger partial charge in [-0.25, -0.2) is 0 Å². The number of hydrogen-bond acceptors (Lipinski definition) is 2. The number of aromatic nitrogens is 1. The molecule has 0 amide bonds. The number of anilines is 3. The van der Waals surface area contributed by atoms with Crippen LogP contribution in [0.15, 0.2) is 170 Å². The third kappa shape index (κ3) is 4.23. The van der Waals surface area contributed by atoms with Crippen molar-refractivity contribution in [2.24, 2.45) is 0 Å². The zero-order chi connectivity index (χ0) is 34.6. The van der Waals surface area contributed by atoms with E-state index < -0.39 is 0 Å². The van der Waals surface area contributed by atoms with Crippen LogP contribution in [0, 0.1) is 0 Å². The van der Waals surface area contributed by atoms with Crippen LogP contribution in [0.2, 0.25) is 0 Å². The van der Waals surface area contributed by atoms with Gasteiger partial charge in [0.25, 0.3) is 0 Å². The van der Waals surface area contributed by atoms with Crippen LogP contribution in [0.1, 0.15) is 25.0 Å². The minimum atomic E-state index is -0.104. The first kappa shape index (κ1) is 29.6. The largest absolute Gasteiger partial charge is 0.310 e.